The van der Waals surface area contributed by atoms with E-state index in [2.05, 4.69) is 0 Å². The molecule has 3 aliphatic heterocycles. The van der Waals surface area contributed by atoms with Gasteiger partial charge in [0.15, 0.2) is 26.5 Å². The van der Waals surface area contributed by atoms with Crippen LogP contribution in [0.15, 0.2) is 18.2 Å². The third-order valence-corrected chi connectivity index (χ3v) is 6.85. The van der Waals surface area contributed by atoms with E-state index in [0.29, 0.717) is 16.7 Å². The minimum absolute atomic E-state index is 0. The van der Waals surface area contributed by atoms with E-state index in [1.165, 1.54) is 11.8 Å². The highest BCUT2D eigenvalue weighted by Crippen LogP contribution is 2.43. The largest absolute Gasteiger partial charge is 0.454 e. The van der Waals surface area contributed by atoms with Gasteiger partial charge in [0.2, 0.25) is 6.79 Å². The van der Waals surface area contributed by atoms with Crippen molar-refractivity contribution in [2.24, 2.45) is 0 Å². The minimum atomic E-state index is -3.00. The van der Waals surface area contributed by atoms with Gasteiger partial charge in [0, 0.05) is 17.0 Å². The van der Waals surface area contributed by atoms with Gasteiger partial charge >= 0.3 is 0 Å². The molecule has 0 saturated carbocycles. The first-order valence-corrected chi connectivity index (χ1v) is 8.88. The summed E-state index contributed by atoms with van der Waals surface area (Å²) in [6, 6.07) is 5.30. The highest BCUT2D eigenvalue weighted by Gasteiger charge is 2.48. The molecular formula is C12H13BrN2O4S2. The summed E-state index contributed by atoms with van der Waals surface area (Å²) in [5.41, 5.74) is 0.788. The maximum atomic E-state index is 11.8. The zero-order valence-electron chi connectivity index (χ0n) is 10.8. The van der Waals surface area contributed by atoms with Crippen molar-refractivity contribution in [1.82, 2.24) is 0 Å². The number of rotatable bonds is 1. The van der Waals surface area contributed by atoms with Gasteiger partial charge in [0.05, 0.1) is 17.5 Å². The van der Waals surface area contributed by atoms with Crippen molar-refractivity contribution in [2.45, 2.75) is 11.3 Å². The summed E-state index contributed by atoms with van der Waals surface area (Å²) < 4.78 is 34.1. The second-order valence-corrected chi connectivity index (χ2v) is 8.39. The first kappa shape index (κ1) is 15.0. The van der Waals surface area contributed by atoms with Gasteiger partial charge in [-0.05, 0) is 12.1 Å². The van der Waals surface area contributed by atoms with E-state index >= 15 is 0 Å². The van der Waals surface area contributed by atoms with Crippen molar-refractivity contribution < 1.29 is 17.9 Å². The summed E-state index contributed by atoms with van der Waals surface area (Å²) in [5, 5.41) is 8.44. The predicted molar refractivity (Wildman–Crippen MR) is 86.9 cm³/mol. The first-order valence-electron chi connectivity index (χ1n) is 6.18. The lowest BCUT2D eigenvalue weighted by atomic mass is 10.2. The Bertz CT molecular complexity index is 709. The number of ether oxygens (including phenoxy) is 2. The van der Waals surface area contributed by atoms with Crippen LogP contribution in [0.3, 0.4) is 0 Å². The Balaban J connectivity index is 0.00000132. The Labute approximate surface area is 137 Å². The molecule has 0 bridgehead atoms. The van der Waals surface area contributed by atoms with E-state index in [1.807, 2.05) is 12.1 Å². The zero-order chi connectivity index (χ0) is 13.9. The number of nitrogens with zero attached hydrogens (tertiary/aromatic N) is 1. The quantitative estimate of drug-likeness (QED) is 0.782. The molecule has 2 unspecified atom stereocenters. The van der Waals surface area contributed by atoms with Gasteiger partial charge in [0.1, 0.15) is 0 Å². The molecule has 3 heterocycles. The van der Waals surface area contributed by atoms with Crippen LogP contribution in [0, 0.1) is 5.41 Å². The van der Waals surface area contributed by atoms with Crippen molar-refractivity contribution in [3.63, 3.8) is 0 Å². The normalized spacial score (nSPS) is 28.4. The summed E-state index contributed by atoms with van der Waals surface area (Å²) >= 11 is 1.33. The molecule has 0 spiro atoms. The summed E-state index contributed by atoms with van der Waals surface area (Å²) in [5.74, 6) is 1.60. The second-order valence-electron chi connectivity index (χ2n) is 5.01. The number of halogens is 1. The summed E-state index contributed by atoms with van der Waals surface area (Å²) in [7, 11) is -3.00. The van der Waals surface area contributed by atoms with Crippen LogP contribution in [-0.2, 0) is 9.84 Å². The minimum Gasteiger partial charge on any atom is -0.454 e. The van der Waals surface area contributed by atoms with Crippen LogP contribution in [0.4, 0.5) is 5.69 Å². The van der Waals surface area contributed by atoms with Crippen LogP contribution < -0.4 is 14.4 Å². The molecule has 4 rings (SSSR count). The number of hydrogen-bond donors (Lipinski definition) is 1. The molecule has 0 radical (unpaired) electrons. The fourth-order valence-electron chi connectivity index (χ4n) is 2.84. The molecule has 0 aromatic heterocycles. The molecule has 3 aliphatic rings. The lowest BCUT2D eigenvalue weighted by molar-refractivity contribution is 0.174. The van der Waals surface area contributed by atoms with E-state index in [4.69, 9.17) is 14.9 Å². The van der Waals surface area contributed by atoms with E-state index in [0.717, 1.165) is 5.69 Å². The highest BCUT2D eigenvalue weighted by atomic mass is 79.9. The van der Waals surface area contributed by atoms with Gasteiger partial charge in [-0.1, -0.05) is 11.8 Å². The van der Waals surface area contributed by atoms with Crippen molar-refractivity contribution in [3.05, 3.63) is 18.2 Å². The van der Waals surface area contributed by atoms with Crippen molar-refractivity contribution in [2.75, 3.05) is 23.2 Å². The number of amidine groups is 1. The monoisotopic (exact) mass is 392 g/mol. The van der Waals surface area contributed by atoms with Crippen LogP contribution in [0.2, 0.25) is 0 Å². The molecule has 2 atom stereocenters. The second kappa shape index (κ2) is 5.06. The van der Waals surface area contributed by atoms with E-state index in [9.17, 15) is 8.42 Å². The number of sulfone groups is 1. The van der Waals surface area contributed by atoms with Crippen molar-refractivity contribution >= 4 is 49.4 Å². The van der Waals surface area contributed by atoms with E-state index < -0.39 is 9.84 Å². The number of hydrogen-bond acceptors (Lipinski definition) is 6. The summed E-state index contributed by atoms with van der Waals surface area (Å²) in [4.78, 5) is 1.79. The Hall–Kier alpha value is -0.930. The predicted octanol–water partition coefficient (Wildman–Crippen LogP) is 1.65. The van der Waals surface area contributed by atoms with Crippen LogP contribution in [0.25, 0.3) is 0 Å². The lowest BCUT2D eigenvalue weighted by Crippen LogP contribution is -2.37. The molecule has 1 N–H and O–H groups in total. The standard InChI is InChI=1S/C12H12N2O4S2.BrH/c13-12-14(8-4-20(15,16)5-11(8)19-12)7-1-2-9-10(3-7)18-6-17-9;/h1-3,8,11,13H,4-6H2;1H. The maximum Gasteiger partial charge on any atom is 0.231 e. The number of anilines is 1. The average molecular weight is 393 g/mol. The molecule has 2 fully saturated rings. The molecule has 114 valence electrons. The van der Waals surface area contributed by atoms with Gasteiger partial charge in [-0.15, -0.1) is 17.0 Å². The zero-order valence-corrected chi connectivity index (χ0v) is 14.2. The van der Waals surface area contributed by atoms with Crippen molar-refractivity contribution in [3.8, 4) is 11.5 Å². The average Bonchev–Trinajstić information content (AvgIpc) is 3.00. The number of benzene rings is 1. The number of thioether (sulfide) groups is 1. The maximum absolute atomic E-state index is 11.8. The molecule has 0 aliphatic carbocycles. The Morgan fingerprint density at radius 2 is 2.00 bits per heavy atom. The van der Waals surface area contributed by atoms with Gasteiger partial charge < -0.3 is 14.4 Å². The molecule has 9 heteroatoms. The Morgan fingerprint density at radius 3 is 2.81 bits per heavy atom. The molecular weight excluding hydrogens is 380 g/mol. The number of fused-ring (bicyclic) bond motifs is 2. The van der Waals surface area contributed by atoms with Gasteiger partial charge in [-0.3, -0.25) is 5.41 Å². The van der Waals surface area contributed by atoms with Gasteiger partial charge in [-0.25, -0.2) is 8.42 Å². The van der Waals surface area contributed by atoms with Crippen molar-refractivity contribution in [1.29, 1.82) is 5.41 Å². The molecule has 21 heavy (non-hydrogen) atoms. The van der Waals surface area contributed by atoms with Crippen LogP contribution in [0.1, 0.15) is 0 Å². The van der Waals surface area contributed by atoms with Gasteiger partial charge in [-0.2, -0.15) is 0 Å². The van der Waals surface area contributed by atoms with E-state index in [-0.39, 0.29) is 46.6 Å². The Morgan fingerprint density at radius 1 is 1.24 bits per heavy atom. The number of nitrogens with one attached hydrogen (secondary N) is 1. The summed E-state index contributed by atoms with van der Waals surface area (Å²) in [6.45, 7) is 0.200. The molecule has 1 aromatic rings. The smallest absolute Gasteiger partial charge is 0.231 e. The fraction of sp³-hybridized carbons (Fsp3) is 0.417. The Kier molecular flexibility index (Phi) is 3.61. The van der Waals surface area contributed by atoms with Crippen LogP contribution in [0.5, 0.6) is 11.5 Å². The van der Waals surface area contributed by atoms with Crippen LogP contribution >= 0.6 is 28.7 Å². The summed E-state index contributed by atoms with van der Waals surface area (Å²) in [6.07, 6.45) is 0. The SMILES string of the molecule is Br.N=C1SC2CS(=O)(=O)CC2N1c1ccc2c(c1)OCO2. The molecule has 0 amide bonds. The third-order valence-electron chi connectivity index (χ3n) is 3.72. The third kappa shape index (κ3) is 2.40. The van der Waals surface area contributed by atoms with E-state index in [1.54, 1.807) is 11.0 Å². The fourth-order valence-corrected chi connectivity index (χ4v) is 6.64. The topological polar surface area (TPSA) is 79.7 Å². The highest BCUT2D eigenvalue weighted by molar-refractivity contribution is 8.93. The van der Waals surface area contributed by atoms with Gasteiger partial charge in [0.25, 0.3) is 0 Å². The first-order chi connectivity index (χ1) is 9.53. The lowest BCUT2D eigenvalue weighted by Gasteiger charge is -2.24. The molecule has 6 nitrogen and oxygen atoms in total. The molecule has 2 saturated heterocycles. The van der Waals surface area contributed by atoms with Crippen LogP contribution in [-0.4, -0.2) is 43.2 Å². The molecule has 1 aromatic carbocycles.